The van der Waals surface area contributed by atoms with Crippen LogP contribution in [-0.2, 0) is 6.18 Å². The van der Waals surface area contributed by atoms with Crippen molar-refractivity contribution >= 4 is 32.2 Å². The van der Waals surface area contributed by atoms with Gasteiger partial charge in [0.05, 0.1) is 15.9 Å². The van der Waals surface area contributed by atoms with Crippen LogP contribution in [0.2, 0.25) is 0 Å². The van der Waals surface area contributed by atoms with Crippen LogP contribution in [0.1, 0.15) is 31.2 Å². The number of rotatable bonds is 3. The Bertz CT molecular complexity index is 860. The normalized spacial score (nSPS) is 15.8. The highest BCUT2D eigenvalue weighted by atomic mass is 32.1. The van der Waals surface area contributed by atoms with Crippen molar-refractivity contribution < 1.29 is 18.1 Å². The van der Waals surface area contributed by atoms with E-state index >= 15 is 0 Å². The van der Waals surface area contributed by atoms with Crippen LogP contribution >= 0.6 is 11.3 Å². The van der Waals surface area contributed by atoms with Crippen LogP contribution in [0.5, 0.6) is 0 Å². The van der Waals surface area contributed by atoms with Gasteiger partial charge in [0.1, 0.15) is 4.70 Å². The first-order chi connectivity index (χ1) is 11.3. The number of halogens is 3. The van der Waals surface area contributed by atoms with Gasteiger partial charge in [0.2, 0.25) is 0 Å². The first kappa shape index (κ1) is 16.6. The molecule has 1 N–H and O–H groups in total. The molecule has 0 bridgehead atoms. The number of fused-ring (bicyclic) bond motifs is 1. The minimum atomic E-state index is -4.78. The Morgan fingerprint density at radius 2 is 1.96 bits per heavy atom. The summed E-state index contributed by atoms with van der Waals surface area (Å²) in [7, 11) is 0. The summed E-state index contributed by atoms with van der Waals surface area (Å²) in [6, 6.07) is 1.20. The number of alkyl halides is 3. The van der Waals surface area contributed by atoms with Crippen molar-refractivity contribution in [2.75, 3.05) is 5.32 Å². The molecular formula is C14H12F3N3O3S. The summed E-state index contributed by atoms with van der Waals surface area (Å²) in [5.74, 6) is 0. The zero-order chi connectivity index (χ0) is 17.5. The quantitative estimate of drug-likeness (QED) is 0.663. The van der Waals surface area contributed by atoms with Crippen molar-refractivity contribution in [3.63, 3.8) is 0 Å². The van der Waals surface area contributed by atoms with Crippen molar-refractivity contribution in [2.24, 2.45) is 0 Å². The summed E-state index contributed by atoms with van der Waals surface area (Å²) in [6.45, 7) is 0. The van der Waals surface area contributed by atoms with Gasteiger partial charge in [-0.25, -0.2) is 0 Å². The summed E-state index contributed by atoms with van der Waals surface area (Å²) in [5, 5.41) is 14.0. The molecule has 1 saturated carbocycles. The SMILES string of the molecule is O=c1nc(NC2CCCC2)sc2c([N+](=O)[O-])cc(C(F)(F)F)cc12. The number of nitrogens with one attached hydrogen (secondary N) is 1. The molecule has 3 rings (SSSR count). The minimum absolute atomic E-state index is 0.103. The van der Waals surface area contributed by atoms with Gasteiger partial charge in [-0.05, 0) is 18.9 Å². The van der Waals surface area contributed by atoms with Crippen LogP contribution in [0.3, 0.4) is 0 Å². The lowest BCUT2D eigenvalue weighted by molar-refractivity contribution is -0.383. The van der Waals surface area contributed by atoms with Gasteiger partial charge in [-0.3, -0.25) is 14.9 Å². The molecule has 6 nitrogen and oxygen atoms in total. The van der Waals surface area contributed by atoms with Gasteiger partial charge in [0.15, 0.2) is 5.13 Å². The number of hydrogen-bond donors (Lipinski definition) is 1. The Morgan fingerprint density at radius 3 is 2.54 bits per heavy atom. The van der Waals surface area contributed by atoms with Crippen LogP contribution in [0.25, 0.3) is 10.1 Å². The van der Waals surface area contributed by atoms with E-state index in [0.29, 0.717) is 12.1 Å². The number of nitro benzene ring substituents is 1. The van der Waals surface area contributed by atoms with E-state index in [9.17, 15) is 28.1 Å². The molecule has 1 aliphatic carbocycles. The smallest absolute Gasteiger partial charge is 0.359 e. The lowest BCUT2D eigenvalue weighted by atomic mass is 10.1. The summed E-state index contributed by atoms with van der Waals surface area (Å²) in [5.41, 5.74) is -2.87. The Balaban J connectivity index is 2.16. The molecule has 0 radical (unpaired) electrons. The Hall–Kier alpha value is -2.23. The predicted octanol–water partition coefficient (Wildman–Crippen LogP) is 3.94. The molecule has 0 saturated heterocycles. The summed E-state index contributed by atoms with van der Waals surface area (Å²) < 4.78 is 38.6. The number of hydrogen-bond acceptors (Lipinski definition) is 6. The van der Waals surface area contributed by atoms with Crippen molar-refractivity contribution in [1.82, 2.24) is 4.98 Å². The molecule has 2 aromatic rings. The molecule has 128 valence electrons. The first-order valence-corrected chi connectivity index (χ1v) is 8.04. The second kappa shape index (κ2) is 6.00. The highest BCUT2D eigenvalue weighted by molar-refractivity contribution is 7.22. The lowest BCUT2D eigenvalue weighted by Crippen LogP contribution is -2.18. The average Bonchev–Trinajstić information content (AvgIpc) is 2.98. The minimum Gasteiger partial charge on any atom is -0.359 e. The number of non-ortho nitro benzene ring substituents is 1. The maximum atomic E-state index is 12.9. The maximum absolute atomic E-state index is 12.9. The summed E-state index contributed by atoms with van der Waals surface area (Å²) >= 11 is 0.831. The number of aromatic nitrogens is 1. The molecule has 1 heterocycles. The molecule has 1 fully saturated rings. The van der Waals surface area contributed by atoms with E-state index in [4.69, 9.17) is 0 Å². The van der Waals surface area contributed by atoms with E-state index in [2.05, 4.69) is 10.3 Å². The molecule has 1 aromatic heterocycles. The third-order valence-electron chi connectivity index (χ3n) is 3.91. The fourth-order valence-electron chi connectivity index (χ4n) is 2.76. The summed E-state index contributed by atoms with van der Waals surface area (Å²) in [6.07, 6.45) is -0.910. The van der Waals surface area contributed by atoms with E-state index in [1.807, 2.05) is 0 Å². The third kappa shape index (κ3) is 3.18. The topological polar surface area (TPSA) is 85.1 Å². The monoisotopic (exact) mass is 359 g/mol. The van der Waals surface area contributed by atoms with Crippen LogP contribution < -0.4 is 10.9 Å². The fraction of sp³-hybridized carbons (Fsp3) is 0.429. The third-order valence-corrected chi connectivity index (χ3v) is 4.94. The van der Waals surface area contributed by atoms with Crippen LogP contribution in [0, 0.1) is 10.1 Å². The van der Waals surface area contributed by atoms with Crippen molar-refractivity contribution in [1.29, 1.82) is 0 Å². The second-order valence-corrected chi connectivity index (χ2v) is 6.58. The molecule has 0 atom stereocenters. The van der Waals surface area contributed by atoms with Gasteiger partial charge in [-0.2, -0.15) is 18.2 Å². The van der Waals surface area contributed by atoms with Gasteiger partial charge < -0.3 is 5.32 Å². The molecule has 0 unspecified atom stereocenters. The van der Waals surface area contributed by atoms with Crippen molar-refractivity contribution in [3.05, 3.63) is 38.2 Å². The molecule has 0 spiro atoms. The largest absolute Gasteiger partial charge is 0.416 e. The van der Waals surface area contributed by atoms with Gasteiger partial charge in [0, 0.05) is 12.1 Å². The molecule has 1 aliphatic rings. The molecule has 1 aromatic carbocycles. The van der Waals surface area contributed by atoms with E-state index in [1.165, 1.54) is 0 Å². The maximum Gasteiger partial charge on any atom is 0.416 e. The average molecular weight is 359 g/mol. The Labute approximate surface area is 137 Å². The predicted molar refractivity (Wildman–Crippen MR) is 83.4 cm³/mol. The van der Waals surface area contributed by atoms with Gasteiger partial charge in [0.25, 0.3) is 11.2 Å². The summed E-state index contributed by atoms with van der Waals surface area (Å²) in [4.78, 5) is 26.1. The van der Waals surface area contributed by atoms with E-state index in [-0.39, 0.29) is 15.9 Å². The standard InChI is InChI=1S/C14H12F3N3O3S/c15-14(16,17)7-5-9-11(10(6-7)20(22)23)24-13(19-12(9)21)18-8-3-1-2-4-8/h5-6,8H,1-4H2,(H,18,19,21). The highest BCUT2D eigenvalue weighted by Gasteiger charge is 2.34. The zero-order valence-corrected chi connectivity index (χ0v) is 13.0. The molecule has 0 aliphatic heterocycles. The Morgan fingerprint density at radius 1 is 1.29 bits per heavy atom. The Kier molecular flexibility index (Phi) is 4.16. The number of benzene rings is 1. The molecular weight excluding hydrogens is 347 g/mol. The van der Waals surface area contributed by atoms with Crippen LogP contribution in [0.4, 0.5) is 24.0 Å². The number of anilines is 1. The van der Waals surface area contributed by atoms with E-state index in [1.54, 1.807) is 0 Å². The van der Waals surface area contributed by atoms with Gasteiger partial charge in [-0.15, -0.1) is 0 Å². The molecule has 10 heteroatoms. The number of nitro groups is 1. The van der Waals surface area contributed by atoms with Gasteiger partial charge in [-0.1, -0.05) is 24.2 Å². The first-order valence-electron chi connectivity index (χ1n) is 7.23. The zero-order valence-electron chi connectivity index (χ0n) is 12.2. The highest BCUT2D eigenvalue weighted by Crippen LogP contribution is 2.38. The van der Waals surface area contributed by atoms with Crippen LogP contribution in [-0.4, -0.2) is 15.9 Å². The molecule has 24 heavy (non-hydrogen) atoms. The lowest BCUT2D eigenvalue weighted by Gasteiger charge is -2.12. The van der Waals surface area contributed by atoms with Crippen LogP contribution in [0.15, 0.2) is 16.9 Å². The van der Waals surface area contributed by atoms with Crippen molar-refractivity contribution in [2.45, 2.75) is 37.9 Å². The second-order valence-electron chi connectivity index (χ2n) is 5.58. The van der Waals surface area contributed by atoms with Crippen molar-refractivity contribution in [3.8, 4) is 0 Å². The molecule has 0 amide bonds. The van der Waals surface area contributed by atoms with Gasteiger partial charge >= 0.3 is 6.18 Å². The number of nitrogens with zero attached hydrogens (tertiary/aromatic N) is 2. The van der Waals surface area contributed by atoms with E-state index in [0.717, 1.165) is 37.0 Å². The van der Waals surface area contributed by atoms with E-state index < -0.39 is 33.3 Å². The fourth-order valence-corrected chi connectivity index (χ4v) is 3.80.